The number of carbonyl (C=O) groups excluding carboxylic acids is 2. The van der Waals surface area contributed by atoms with E-state index in [1.54, 1.807) is 32.0 Å². The molecule has 3 aromatic carbocycles. The Morgan fingerprint density at radius 1 is 0.917 bits per heavy atom. The molecule has 0 aliphatic heterocycles. The number of rotatable bonds is 9. The molecule has 1 N–H and O–H groups in total. The second-order valence-electron chi connectivity index (χ2n) is 8.59. The second-order valence-corrected chi connectivity index (χ2v) is 8.59. The zero-order valence-electron chi connectivity index (χ0n) is 20.1. The Kier molecular flexibility index (Phi) is 7.80. The number of esters is 1. The summed E-state index contributed by atoms with van der Waals surface area (Å²) in [5.74, 6) is -0.630. The van der Waals surface area contributed by atoms with Gasteiger partial charge in [-0.25, -0.2) is 9.59 Å². The molecule has 7 nitrogen and oxygen atoms in total. The fourth-order valence-corrected chi connectivity index (χ4v) is 3.83. The van der Waals surface area contributed by atoms with E-state index in [9.17, 15) is 14.4 Å². The molecule has 1 atom stereocenters. The highest BCUT2D eigenvalue weighted by molar-refractivity contribution is 5.93. The molecular weight excluding hydrogens is 458 g/mol. The van der Waals surface area contributed by atoms with Crippen LogP contribution in [0.3, 0.4) is 0 Å². The Morgan fingerprint density at radius 3 is 2.31 bits per heavy atom. The largest absolute Gasteiger partial charge is 0.484 e. The van der Waals surface area contributed by atoms with Crippen LogP contribution in [0.1, 0.15) is 19.4 Å². The van der Waals surface area contributed by atoms with Crippen molar-refractivity contribution in [2.75, 3.05) is 6.61 Å². The molecular formula is C29H27NO6. The van der Waals surface area contributed by atoms with E-state index in [1.165, 1.54) is 6.07 Å². The van der Waals surface area contributed by atoms with Crippen LogP contribution in [-0.2, 0) is 20.7 Å². The van der Waals surface area contributed by atoms with Gasteiger partial charge in [-0.05, 0) is 42.7 Å². The molecule has 7 heteroatoms. The average molecular weight is 486 g/mol. The van der Waals surface area contributed by atoms with Gasteiger partial charge in [-0.3, -0.25) is 4.79 Å². The first-order chi connectivity index (χ1) is 17.4. The smallest absolute Gasteiger partial charge is 0.336 e. The molecule has 0 fully saturated rings. The number of carbonyl (C=O) groups is 2. The lowest BCUT2D eigenvalue weighted by Gasteiger charge is -2.19. The van der Waals surface area contributed by atoms with E-state index in [0.29, 0.717) is 17.8 Å². The van der Waals surface area contributed by atoms with E-state index in [2.05, 4.69) is 5.32 Å². The lowest BCUT2D eigenvalue weighted by atomic mass is 10.0. The van der Waals surface area contributed by atoms with Crippen LogP contribution < -0.4 is 15.7 Å². The van der Waals surface area contributed by atoms with Crippen molar-refractivity contribution in [3.05, 3.63) is 101 Å². The first-order valence-corrected chi connectivity index (χ1v) is 11.7. The molecule has 0 bridgehead atoms. The monoisotopic (exact) mass is 485 g/mol. The van der Waals surface area contributed by atoms with Gasteiger partial charge in [0.25, 0.3) is 5.91 Å². The van der Waals surface area contributed by atoms with Crippen molar-refractivity contribution in [1.29, 1.82) is 0 Å². The van der Waals surface area contributed by atoms with E-state index < -0.39 is 23.5 Å². The Labute approximate surface area is 208 Å². The van der Waals surface area contributed by atoms with Gasteiger partial charge in [-0.1, -0.05) is 60.7 Å². The fourth-order valence-electron chi connectivity index (χ4n) is 3.83. The maximum Gasteiger partial charge on any atom is 0.336 e. The topological polar surface area (TPSA) is 94.8 Å². The molecule has 0 aliphatic rings. The number of amides is 1. The zero-order chi connectivity index (χ0) is 25.5. The molecule has 0 saturated heterocycles. The summed E-state index contributed by atoms with van der Waals surface area (Å²) in [5.41, 5.74) is 2.40. The molecule has 184 valence electrons. The molecule has 1 amide bonds. The normalized spacial score (nSPS) is 11.8. The molecule has 0 unspecified atom stereocenters. The number of hydrogen-bond acceptors (Lipinski definition) is 6. The van der Waals surface area contributed by atoms with Crippen LogP contribution >= 0.6 is 0 Å². The van der Waals surface area contributed by atoms with Crippen LogP contribution in [0, 0.1) is 0 Å². The van der Waals surface area contributed by atoms with Crippen molar-refractivity contribution in [3.8, 4) is 16.9 Å². The van der Waals surface area contributed by atoms with Crippen LogP contribution in [-0.4, -0.2) is 30.6 Å². The van der Waals surface area contributed by atoms with Crippen molar-refractivity contribution in [2.24, 2.45) is 0 Å². The number of hydrogen-bond donors (Lipinski definition) is 1. The number of fused-ring (bicyclic) bond motifs is 1. The lowest BCUT2D eigenvalue weighted by molar-refractivity contribution is -0.151. The minimum Gasteiger partial charge on any atom is -0.484 e. The van der Waals surface area contributed by atoms with Gasteiger partial charge < -0.3 is 19.2 Å². The van der Waals surface area contributed by atoms with Crippen LogP contribution in [0.2, 0.25) is 0 Å². The summed E-state index contributed by atoms with van der Waals surface area (Å²) in [6.07, 6.45) is -0.0152. The highest BCUT2D eigenvalue weighted by Gasteiger charge is 2.24. The summed E-state index contributed by atoms with van der Waals surface area (Å²) in [6.45, 7) is 3.18. The Bertz CT molecular complexity index is 1400. The van der Waals surface area contributed by atoms with Gasteiger partial charge in [0, 0.05) is 23.9 Å². The van der Waals surface area contributed by atoms with Gasteiger partial charge in [-0.2, -0.15) is 0 Å². The van der Waals surface area contributed by atoms with Gasteiger partial charge in [-0.15, -0.1) is 0 Å². The Hall–Kier alpha value is -4.39. The third-order valence-corrected chi connectivity index (χ3v) is 5.42. The molecule has 0 aliphatic carbocycles. The fraction of sp³-hybridized carbons (Fsp3) is 0.207. The van der Waals surface area contributed by atoms with Crippen molar-refractivity contribution in [3.63, 3.8) is 0 Å². The molecule has 1 aromatic heterocycles. The van der Waals surface area contributed by atoms with E-state index in [-0.39, 0.29) is 12.7 Å². The number of nitrogens with one attached hydrogen (secondary N) is 1. The number of benzene rings is 3. The van der Waals surface area contributed by atoms with E-state index in [0.717, 1.165) is 22.1 Å². The van der Waals surface area contributed by atoms with Gasteiger partial charge in [0.2, 0.25) is 0 Å². The molecule has 0 saturated carbocycles. The van der Waals surface area contributed by atoms with Crippen LogP contribution in [0.15, 0.2) is 94.1 Å². The van der Waals surface area contributed by atoms with Crippen molar-refractivity contribution < 1.29 is 23.5 Å². The van der Waals surface area contributed by atoms with Crippen LogP contribution in [0.25, 0.3) is 22.1 Å². The molecule has 4 aromatic rings. The third kappa shape index (κ3) is 6.39. The SMILES string of the molecule is CC(C)OC(=O)[C@@H](Cc1ccccc1)NC(=O)COc1ccc2c(-c3ccccc3)cc(=O)oc2c1. The predicted octanol–water partition coefficient (Wildman–Crippen LogP) is 4.52. The van der Waals surface area contributed by atoms with Crippen LogP contribution in [0.4, 0.5) is 0 Å². The van der Waals surface area contributed by atoms with E-state index >= 15 is 0 Å². The minimum absolute atomic E-state index is 0.293. The van der Waals surface area contributed by atoms with Gasteiger partial charge in [0.05, 0.1) is 6.10 Å². The first-order valence-electron chi connectivity index (χ1n) is 11.7. The second kappa shape index (κ2) is 11.4. The van der Waals surface area contributed by atoms with Crippen molar-refractivity contribution in [1.82, 2.24) is 5.32 Å². The Balaban J connectivity index is 1.46. The third-order valence-electron chi connectivity index (χ3n) is 5.42. The summed E-state index contributed by atoms with van der Waals surface area (Å²) in [7, 11) is 0. The summed E-state index contributed by atoms with van der Waals surface area (Å²) in [6, 6.07) is 24.6. The summed E-state index contributed by atoms with van der Waals surface area (Å²) >= 11 is 0. The summed E-state index contributed by atoms with van der Waals surface area (Å²) in [5, 5.41) is 3.45. The molecule has 36 heavy (non-hydrogen) atoms. The lowest BCUT2D eigenvalue weighted by Crippen LogP contribution is -2.45. The van der Waals surface area contributed by atoms with Crippen molar-refractivity contribution in [2.45, 2.75) is 32.4 Å². The first kappa shape index (κ1) is 24.7. The van der Waals surface area contributed by atoms with Gasteiger partial charge in [0.15, 0.2) is 6.61 Å². The highest BCUT2D eigenvalue weighted by atomic mass is 16.5. The standard InChI is InChI=1S/C29H27NO6/c1-19(2)35-29(33)25(15-20-9-5-3-6-10-20)30-27(31)18-34-22-13-14-23-24(21-11-7-4-8-12-21)17-28(32)36-26(23)16-22/h3-14,16-17,19,25H,15,18H2,1-2H3,(H,30,31)/t25-/m1/s1. The molecule has 0 spiro atoms. The van der Waals surface area contributed by atoms with E-state index in [1.807, 2.05) is 60.7 Å². The summed E-state index contributed by atoms with van der Waals surface area (Å²) < 4.78 is 16.3. The van der Waals surface area contributed by atoms with Crippen molar-refractivity contribution >= 4 is 22.8 Å². The zero-order valence-corrected chi connectivity index (χ0v) is 20.1. The van der Waals surface area contributed by atoms with E-state index in [4.69, 9.17) is 13.9 Å². The van der Waals surface area contributed by atoms with Crippen LogP contribution in [0.5, 0.6) is 5.75 Å². The number of ether oxygens (including phenoxy) is 2. The maximum absolute atomic E-state index is 12.6. The molecule has 1 heterocycles. The predicted molar refractivity (Wildman–Crippen MR) is 137 cm³/mol. The average Bonchev–Trinajstić information content (AvgIpc) is 2.87. The molecule has 4 rings (SSSR count). The quantitative estimate of drug-likeness (QED) is 0.277. The highest BCUT2D eigenvalue weighted by Crippen LogP contribution is 2.29. The van der Waals surface area contributed by atoms with Gasteiger partial charge >= 0.3 is 11.6 Å². The Morgan fingerprint density at radius 2 is 1.61 bits per heavy atom. The van der Waals surface area contributed by atoms with Gasteiger partial charge in [0.1, 0.15) is 17.4 Å². The minimum atomic E-state index is -0.853. The molecule has 0 radical (unpaired) electrons. The summed E-state index contributed by atoms with van der Waals surface area (Å²) in [4.78, 5) is 37.4. The maximum atomic E-state index is 12.6.